The molecule has 1 aliphatic heterocycles. The molecule has 0 amide bonds. The van der Waals surface area contributed by atoms with Crippen LogP contribution in [0.25, 0.3) is 0 Å². The fourth-order valence-electron chi connectivity index (χ4n) is 3.24. The quantitative estimate of drug-likeness (QED) is 0.581. The Kier molecular flexibility index (Phi) is 6.30. The van der Waals surface area contributed by atoms with Gasteiger partial charge in [-0.25, -0.2) is 0 Å². The predicted molar refractivity (Wildman–Crippen MR) is 111 cm³/mol. The average Bonchev–Trinajstić information content (AvgIpc) is 2.77. The Bertz CT molecular complexity index is 926. The van der Waals surface area contributed by atoms with E-state index in [4.69, 9.17) is 14.2 Å². The standard InChI is InChI=1S/C24H24O6/c25-21-15-28-24(23(27)22(21)26)30-20-12-8-17(9-13-20)14-16-6-10-19(11-7-16)29-18-4-2-1-3-5-18/h1-13,21-27H,14-15H2/t21-,22-,23+,24+/m0/s1. The second kappa shape index (κ2) is 9.28. The van der Waals surface area contributed by atoms with E-state index in [0.717, 1.165) is 29.0 Å². The number of hydrogen-bond donors (Lipinski definition) is 3. The van der Waals surface area contributed by atoms with Crippen LogP contribution < -0.4 is 9.47 Å². The van der Waals surface area contributed by atoms with Crippen molar-refractivity contribution in [2.75, 3.05) is 6.61 Å². The van der Waals surface area contributed by atoms with Crippen LogP contribution in [0, 0.1) is 0 Å². The first kappa shape index (κ1) is 20.4. The minimum atomic E-state index is -1.31. The Hall–Kier alpha value is -2.90. The van der Waals surface area contributed by atoms with Gasteiger partial charge in [0.1, 0.15) is 35.6 Å². The molecule has 3 N–H and O–H groups in total. The van der Waals surface area contributed by atoms with Gasteiger partial charge in [0.15, 0.2) is 0 Å². The molecule has 4 rings (SSSR count). The third-order valence-electron chi connectivity index (χ3n) is 4.94. The second-order valence-electron chi connectivity index (χ2n) is 7.25. The van der Waals surface area contributed by atoms with Crippen molar-refractivity contribution in [1.29, 1.82) is 0 Å². The van der Waals surface area contributed by atoms with E-state index in [1.165, 1.54) is 0 Å². The minimum absolute atomic E-state index is 0.0923. The number of rotatable bonds is 6. The zero-order valence-corrected chi connectivity index (χ0v) is 16.3. The van der Waals surface area contributed by atoms with Gasteiger partial charge in [-0.1, -0.05) is 42.5 Å². The van der Waals surface area contributed by atoms with Crippen molar-refractivity contribution in [2.24, 2.45) is 0 Å². The fraction of sp³-hybridized carbons (Fsp3) is 0.250. The molecule has 1 heterocycles. The molecule has 0 aliphatic carbocycles. The molecule has 156 valence electrons. The number of para-hydroxylation sites is 1. The molecule has 3 aromatic rings. The maximum absolute atomic E-state index is 9.96. The average molecular weight is 408 g/mol. The van der Waals surface area contributed by atoms with Crippen LogP contribution in [-0.2, 0) is 11.2 Å². The van der Waals surface area contributed by atoms with Crippen molar-refractivity contribution >= 4 is 0 Å². The van der Waals surface area contributed by atoms with E-state index < -0.39 is 24.6 Å². The zero-order chi connectivity index (χ0) is 20.9. The number of benzene rings is 3. The summed E-state index contributed by atoms with van der Waals surface area (Å²) < 4.78 is 16.7. The first-order valence-corrected chi connectivity index (χ1v) is 9.82. The minimum Gasteiger partial charge on any atom is -0.462 e. The van der Waals surface area contributed by atoms with Crippen LogP contribution in [0.4, 0.5) is 0 Å². The summed E-state index contributed by atoms with van der Waals surface area (Å²) in [5, 5.41) is 29.2. The third-order valence-corrected chi connectivity index (χ3v) is 4.94. The molecule has 0 unspecified atom stereocenters. The molecule has 4 atom stereocenters. The van der Waals surface area contributed by atoms with Gasteiger partial charge in [-0.05, 0) is 53.9 Å². The zero-order valence-electron chi connectivity index (χ0n) is 16.3. The topological polar surface area (TPSA) is 88.4 Å². The van der Waals surface area contributed by atoms with Crippen LogP contribution in [0.2, 0.25) is 0 Å². The third kappa shape index (κ3) is 4.98. The Morgan fingerprint density at radius 2 is 1.27 bits per heavy atom. The van der Waals surface area contributed by atoms with Crippen molar-refractivity contribution in [1.82, 2.24) is 0 Å². The molecule has 6 nitrogen and oxygen atoms in total. The molecule has 0 spiro atoms. The van der Waals surface area contributed by atoms with Gasteiger partial charge in [0, 0.05) is 0 Å². The van der Waals surface area contributed by atoms with Gasteiger partial charge >= 0.3 is 0 Å². The van der Waals surface area contributed by atoms with Gasteiger partial charge in [0.2, 0.25) is 6.29 Å². The summed E-state index contributed by atoms with van der Waals surface area (Å²) in [7, 11) is 0. The van der Waals surface area contributed by atoms with E-state index in [9.17, 15) is 15.3 Å². The lowest BCUT2D eigenvalue weighted by Crippen LogP contribution is -2.54. The van der Waals surface area contributed by atoms with Crippen molar-refractivity contribution < 1.29 is 29.5 Å². The largest absolute Gasteiger partial charge is 0.462 e. The molecule has 6 heteroatoms. The number of hydrogen-bond acceptors (Lipinski definition) is 6. The molecular formula is C24H24O6. The van der Waals surface area contributed by atoms with Crippen LogP contribution in [0.1, 0.15) is 11.1 Å². The molecule has 1 aliphatic rings. The lowest BCUT2D eigenvalue weighted by atomic mass is 10.0. The highest BCUT2D eigenvalue weighted by Gasteiger charge is 2.38. The highest BCUT2D eigenvalue weighted by molar-refractivity contribution is 5.36. The smallest absolute Gasteiger partial charge is 0.228 e. The van der Waals surface area contributed by atoms with Crippen LogP contribution in [-0.4, -0.2) is 46.5 Å². The molecule has 1 saturated heterocycles. The van der Waals surface area contributed by atoms with E-state index in [0.29, 0.717) is 5.75 Å². The summed E-state index contributed by atoms with van der Waals surface area (Å²) in [5.41, 5.74) is 2.24. The molecular weight excluding hydrogens is 384 g/mol. The number of aliphatic hydroxyl groups is 3. The van der Waals surface area contributed by atoms with Gasteiger partial charge in [0.25, 0.3) is 0 Å². The molecule has 0 aromatic heterocycles. The van der Waals surface area contributed by atoms with Gasteiger partial charge in [0.05, 0.1) is 6.61 Å². The summed E-state index contributed by atoms with van der Waals surface area (Å²) in [4.78, 5) is 0. The van der Waals surface area contributed by atoms with E-state index in [1.807, 2.05) is 66.7 Å². The lowest BCUT2D eigenvalue weighted by Gasteiger charge is -2.34. The summed E-state index contributed by atoms with van der Waals surface area (Å²) in [5.74, 6) is 2.10. The van der Waals surface area contributed by atoms with Crippen LogP contribution in [0.15, 0.2) is 78.9 Å². The van der Waals surface area contributed by atoms with Crippen molar-refractivity contribution in [3.8, 4) is 17.2 Å². The Labute approximate surface area is 174 Å². The number of aliphatic hydroxyl groups excluding tert-OH is 3. The molecule has 0 saturated carbocycles. The summed E-state index contributed by atoms with van der Waals surface area (Å²) in [6.07, 6.45) is -4.00. The molecule has 3 aromatic carbocycles. The van der Waals surface area contributed by atoms with E-state index in [2.05, 4.69) is 0 Å². The van der Waals surface area contributed by atoms with Gasteiger partial charge in [-0.3, -0.25) is 0 Å². The fourth-order valence-corrected chi connectivity index (χ4v) is 3.24. The van der Waals surface area contributed by atoms with Crippen molar-refractivity contribution in [3.05, 3.63) is 90.0 Å². The summed E-state index contributed by atoms with van der Waals surface area (Å²) in [6, 6.07) is 25.0. The summed E-state index contributed by atoms with van der Waals surface area (Å²) >= 11 is 0. The van der Waals surface area contributed by atoms with Gasteiger partial charge in [-0.2, -0.15) is 0 Å². The van der Waals surface area contributed by atoms with E-state index >= 15 is 0 Å². The highest BCUT2D eigenvalue weighted by atomic mass is 16.7. The predicted octanol–water partition coefficient (Wildman–Crippen LogP) is 2.89. The summed E-state index contributed by atoms with van der Waals surface area (Å²) in [6.45, 7) is -0.0923. The lowest BCUT2D eigenvalue weighted by molar-refractivity contribution is -0.242. The first-order chi connectivity index (χ1) is 14.6. The Balaban J connectivity index is 1.33. The molecule has 0 bridgehead atoms. The second-order valence-corrected chi connectivity index (χ2v) is 7.25. The van der Waals surface area contributed by atoms with Gasteiger partial charge < -0.3 is 29.5 Å². The SMILES string of the molecule is O[C@@H]1[C@@H](O)[C@@H](Oc2ccc(Cc3ccc(Oc4ccccc4)cc3)cc2)OC[C@@H]1O. The van der Waals surface area contributed by atoms with E-state index in [-0.39, 0.29) is 6.61 Å². The van der Waals surface area contributed by atoms with Crippen LogP contribution in [0.3, 0.4) is 0 Å². The maximum Gasteiger partial charge on any atom is 0.228 e. The first-order valence-electron chi connectivity index (χ1n) is 9.82. The van der Waals surface area contributed by atoms with Crippen LogP contribution in [0.5, 0.6) is 17.2 Å². The molecule has 30 heavy (non-hydrogen) atoms. The van der Waals surface area contributed by atoms with Gasteiger partial charge in [-0.15, -0.1) is 0 Å². The monoisotopic (exact) mass is 408 g/mol. The van der Waals surface area contributed by atoms with Crippen LogP contribution >= 0.6 is 0 Å². The molecule has 1 fully saturated rings. The molecule has 0 radical (unpaired) electrons. The maximum atomic E-state index is 9.96. The Morgan fingerprint density at radius 3 is 1.90 bits per heavy atom. The van der Waals surface area contributed by atoms with Crippen molar-refractivity contribution in [2.45, 2.75) is 31.0 Å². The van der Waals surface area contributed by atoms with E-state index in [1.54, 1.807) is 12.1 Å². The normalized spacial score (nSPS) is 23.7. The highest BCUT2D eigenvalue weighted by Crippen LogP contribution is 2.24. The Morgan fingerprint density at radius 1 is 0.700 bits per heavy atom. The number of ether oxygens (including phenoxy) is 3. The van der Waals surface area contributed by atoms with Crippen molar-refractivity contribution in [3.63, 3.8) is 0 Å².